The van der Waals surface area contributed by atoms with Crippen molar-refractivity contribution in [3.05, 3.63) is 64.7 Å². The highest BCUT2D eigenvalue weighted by molar-refractivity contribution is 7.80. The molecule has 6 amide bonds. The molecule has 2 aromatic carbocycles. The summed E-state index contributed by atoms with van der Waals surface area (Å²) in [6.07, 6.45) is -6.26. The van der Waals surface area contributed by atoms with Crippen LogP contribution in [0.1, 0.15) is 64.0 Å². The van der Waals surface area contributed by atoms with Crippen molar-refractivity contribution in [3.63, 3.8) is 0 Å². The molecule has 0 aromatic heterocycles. The van der Waals surface area contributed by atoms with Crippen LogP contribution in [0.5, 0.6) is 5.75 Å². The molecular formula is C43H60ClN9O15S. The highest BCUT2D eigenvalue weighted by Crippen LogP contribution is 2.26. The zero-order chi connectivity index (χ0) is 51.3. The van der Waals surface area contributed by atoms with Crippen molar-refractivity contribution in [1.29, 1.82) is 0 Å². The minimum Gasteiger partial charge on any atom is -0.508 e. The number of esters is 1. The SMILES string of the molecule is CC[C@H](C)[C@@H]1NC(=O)[C@H](Cc2ccc(O)cc2)N(C)C(=O)[C@H](Cc2ccc(Cl)cc2)N2C(=O)[C@H](CC[C@H]2O)NC(=O)[C@H](CCCN=C(N)N)NC(=O)[C@@H](NC(=O)[C@@H](O)COS(=O)(=O)O)[C@H](C)OC1=O. The third kappa shape index (κ3) is 16.0. The molecule has 0 aliphatic carbocycles. The van der Waals surface area contributed by atoms with Gasteiger partial charge in [-0.2, -0.15) is 8.42 Å². The number of aliphatic imine (C=N–C) groups is 1. The number of carbonyl (C=O) groups is 7. The number of benzene rings is 2. The number of aliphatic hydroxyl groups excluding tert-OH is 2. The summed E-state index contributed by atoms with van der Waals surface area (Å²) in [5, 5.41) is 42.2. The maximum absolute atomic E-state index is 15.1. The Kier molecular flexibility index (Phi) is 20.1. The first-order valence-corrected chi connectivity index (χ1v) is 23.7. The summed E-state index contributed by atoms with van der Waals surface area (Å²) in [6.45, 7) is 3.11. The summed E-state index contributed by atoms with van der Waals surface area (Å²) in [5.41, 5.74) is 11.9. The van der Waals surface area contributed by atoms with E-state index < -0.39 is 119 Å². The number of carbonyl (C=O) groups excluding carboxylic acids is 7. The molecule has 26 heteroatoms. The van der Waals surface area contributed by atoms with Crippen LogP contribution in [0, 0.1) is 5.92 Å². The maximum Gasteiger partial charge on any atom is 0.397 e. The van der Waals surface area contributed by atoms with E-state index in [2.05, 4.69) is 30.4 Å². The number of phenolic OH excluding ortho intramolecular Hbond substituents is 1. The van der Waals surface area contributed by atoms with Crippen LogP contribution in [0.4, 0.5) is 0 Å². The Labute approximate surface area is 403 Å². The third-order valence-corrected chi connectivity index (χ3v) is 12.4. The number of aromatic hydroxyl groups is 1. The van der Waals surface area contributed by atoms with Crippen molar-refractivity contribution in [2.75, 3.05) is 20.2 Å². The number of nitrogens with two attached hydrogens (primary N) is 2. The molecule has 2 aliphatic rings. The maximum atomic E-state index is 15.1. The zero-order valence-electron chi connectivity index (χ0n) is 38.3. The molecule has 69 heavy (non-hydrogen) atoms. The molecule has 12 N–H and O–H groups in total. The van der Waals surface area contributed by atoms with Crippen LogP contribution in [-0.4, -0.2) is 160 Å². The van der Waals surface area contributed by atoms with Gasteiger partial charge >= 0.3 is 16.4 Å². The standard InChI is InChI=1S/C43H60ClN9O15S/c1-5-22(2)34-42(63)68-23(3)35(51-38(59)32(55)21-67-69(64,65)66)39(60)48-28(7-6-18-47-43(45)46)36(57)49-29-16-17-33(56)53(40(29)61)31(20-24-8-12-26(44)13-9-24)41(62)52(4)30(37(58)50-34)19-25-10-14-27(54)15-11-25/h8-15,22-23,28-35,54-56H,5-7,16-21H2,1-4H3,(H,48,60)(H,49,57)(H,50,58)(H,51,59)(H4,45,46,47)(H,64,65,66)/t22-,23-,28-,29-,30-,31-,32-,33+,34-,35-/m0/s1. The van der Waals surface area contributed by atoms with Gasteiger partial charge in [0.25, 0.3) is 5.91 Å². The van der Waals surface area contributed by atoms with Crippen molar-refractivity contribution in [2.45, 2.75) is 120 Å². The number of guanidine groups is 1. The normalized spacial score (nSPS) is 25.4. The van der Waals surface area contributed by atoms with Gasteiger partial charge in [-0.1, -0.05) is 56.1 Å². The van der Waals surface area contributed by atoms with Crippen LogP contribution in [0.15, 0.2) is 53.5 Å². The largest absolute Gasteiger partial charge is 0.508 e. The number of rotatable bonds is 15. The lowest BCUT2D eigenvalue weighted by molar-refractivity contribution is -0.165. The molecule has 2 heterocycles. The van der Waals surface area contributed by atoms with E-state index in [0.717, 1.165) is 16.7 Å². The number of ether oxygens (including phenoxy) is 1. The Morgan fingerprint density at radius 3 is 2.14 bits per heavy atom. The molecule has 2 saturated heterocycles. The number of hydrogen-bond acceptors (Lipinski definition) is 15. The van der Waals surface area contributed by atoms with Crippen LogP contribution in [0.3, 0.4) is 0 Å². The van der Waals surface area contributed by atoms with Gasteiger partial charge in [0, 0.05) is 31.5 Å². The number of piperidine rings is 1. The summed E-state index contributed by atoms with van der Waals surface area (Å²) in [4.78, 5) is 106. The van der Waals surface area contributed by atoms with E-state index in [4.69, 9.17) is 32.4 Å². The van der Waals surface area contributed by atoms with Crippen molar-refractivity contribution in [3.8, 4) is 5.75 Å². The molecule has 0 saturated carbocycles. The number of amides is 6. The average Bonchev–Trinajstić information content (AvgIpc) is 3.29. The Morgan fingerprint density at radius 1 is 0.942 bits per heavy atom. The zero-order valence-corrected chi connectivity index (χ0v) is 39.9. The van der Waals surface area contributed by atoms with Gasteiger partial charge in [-0.3, -0.25) is 38.3 Å². The van der Waals surface area contributed by atoms with Gasteiger partial charge in [0.15, 0.2) is 12.1 Å². The summed E-state index contributed by atoms with van der Waals surface area (Å²) in [7, 11) is -3.84. The fourth-order valence-corrected chi connectivity index (χ4v) is 8.05. The van der Waals surface area contributed by atoms with Crippen molar-refractivity contribution >= 4 is 69.4 Å². The van der Waals surface area contributed by atoms with Gasteiger partial charge in [-0.15, -0.1) is 0 Å². The van der Waals surface area contributed by atoms with E-state index in [-0.39, 0.29) is 63.2 Å². The predicted octanol–water partition coefficient (Wildman–Crippen LogP) is -1.87. The highest BCUT2D eigenvalue weighted by atomic mass is 35.5. The molecule has 10 atom stereocenters. The number of likely N-dealkylation sites (N-methyl/N-ethyl adjacent to an activating group) is 1. The first-order valence-electron chi connectivity index (χ1n) is 22.0. The van der Waals surface area contributed by atoms with Gasteiger partial charge in [-0.25, -0.2) is 8.98 Å². The van der Waals surface area contributed by atoms with Crippen molar-refractivity contribution < 1.29 is 70.8 Å². The Bertz CT molecular complexity index is 2300. The number of hydrogen-bond donors (Lipinski definition) is 10. The van der Waals surface area contributed by atoms with Crippen molar-refractivity contribution in [2.24, 2.45) is 22.4 Å². The topological polar surface area (TPSA) is 372 Å². The van der Waals surface area contributed by atoms with E-state index >= 15 is 4.79 Å². The second kappa shape index (κ2) is 24.9. The van der Waals surface area contributed by atoms with Crippen LogP contribution in [0.2, 0.25) is 5.02 Å². The predicted molar refractivity (Wildman–Crippen MR) is 246 cm³/mol. The number of cyclic esters (lactones) is 1. The molecule has 0 radical (unpaired) electrons. The Morgan fingerprint density at radius 2 is 1.55 bits per heavy atom. The van der Waals surface area contributed by atoms with Gasteiger partial charge < -0.3 is 62.6 Å². The first kappa shape index (κ1) is 55.5. The summed E-state index contributed by atoms with van der Waals surface area (Å²) in [5.74, 6) is -8.45. The lowest BCUT2D eigenvalue weighted by atomic mass is 9.95. The lowest BCUT2D eigenvalue weighted by Crippen LogP contribution is -2.65. The molecule has 24 nitrogen and oxygen atoms in total. The molecule has 2 aliphatic heterocycles. The van der Waals surface area contributed by atoms with E-state index in [1.807, 2.05) is 0 Å². The number of nitrogens with zero attached hydrogens (tertiary/aromatic N) is 3. The molecule has 0 spiro atoms. The smallest absolute Gasteiger partial charge is 0.397 e. The third-order valence-electron chi connectivity index (χ3n) is 11.7. The quantitative estimate of drug-likeness (QED) is 0.0307. The van der Waals surface area contributed by atoms with E-state index in [1.165, 1.54) is 31.3 Å². The number of fused-ring (bicyclic) bond motifs is 2. The number of halogens is 1. The minimum atomic E-state index is -5.14. The molecule has 2 aromatic rings. The van der Waals surface area contributed by atoms with Crippen LogP contribution < -0.4 is 32.7 Å². The van der Waals surface area contributed by atoms with Gasteiger partial charge in [0.05, 0.1) is 0 Å². The second-order valence-corrected chi connectivity index (χ2v) is 18.3. The Balaban J connectivity index is 1.90. The summed E-state index contributed by atoms with van der Waals surface area (Å²) in [6, 6.07) is 2.63. The highest BCUT2D eigenvalue weighted by Gasteiger charge is 2.46. The number of nitrogens with one attached hydrogen (secondary N) is 4. The lowest BCUT2D eigenvalue weighted by Gasteiger charge is -2.43. The van der Waals surface area contributed by atoms with Gasteiger partial charge in [0.2, 0.25) is 29.5 Å². The van der Waals surface area contributed by atoms with Gasteiger partial charge in [-0.05, 0) is 73.9 Å². The van der Waals surface area contributed by atoms with Crippen LogP contribution in [0.25, 0.3) is 0 Å². The fraction of sp³-hybridized carbons (Fsp3) is 0.535. The monoisotopic (exact) mass is 1010 g/mol. The first-order chi connectivity index (χ1) is 32.4. The van der Waals surface area contributed by atoms with E-state index in [1.54, 1.807) is 38.1 Å². The molecule has 2 fully saturated rings. The van der Waals surface area contributed by atoms with Crippen molar-refractivity contribution in [1.82, 2.24) is 31.1 Å². The van der Waals surface area contributed by atoms with E-state index in [0.29, 0.717) is 16.1 Å². The molecule has 2 bridgehead atoms. The average molecular weight is 1010 g/mol. The van der Waals surface area contributed by atoms with E-state index in [9.17, 15) is 52.5 Å². The molecule has 380 valence electrons. The fourth-order valence-electron chi connectivity index (χ4n) is 7.62. The molecule has 0 unspecified atom stereocenters. The molecular weight excluding hydrogens is 950 g/mol. The Hall–Kier alpha value is -6.12. The number of phenols is 1. The minimum absolute atomic E-state index is 0.0402. The van der Waals surface area contributed by atoms with Crippen LogP contribution >= 0.6 is 11.6 Å². The number of aliphatic hydroxyl groups is 2. The second-order valence-electron chi connectivity index (χ2n) is 16.8. The summed E-state index contributed by atoms with van der Waals surface area (Å²) < 4.78 is 41.2. The summed E-state index contributed by atoms with van der Waals surface area (Å²) >= 11 is 6.17. The van der Waals surface area contributed by atoms with Gasteiger partial charge in [0.1, 0.15) is 60.9 Å². The molecule has 4 rings (SSSR count). The van der Waals surface area contributed by atoms with Crippen LogP contribution in [-0.2, 0) is 65.7 Å².